The van der Waals surface area contributed by atoms with E-state index in [0.717, 1.165) is 67.1 Å². The van der Waals surface area contributed by atoms with Gasteiger partial charge in [-0.25, -0.2) is 0 Å². The van der Waals surface area contributed by atoms with Crippen molar-refractivity contribution >= 4 is 28.4 Å². The summed E-state index contributed by atoms with van der Waals surface area (Å²) in [7, 11) is 3.21. The van der Waals surface area contributed by atoms with Gasteiger partial charge >= 0.3 is 6.18 Å². The molecule has 0 unspecified atom stereocenters. The lowest BCUT2D eigenvalue weighted by atomic mass is 9.76. The zero-order chi connectivity index (χ0) is 52.1. The normalized spacial score (nSPS) is 17.1. The molecule has 8 aromatic carbocycles. The molecule has 1 heterocycles. The highest BCUT2D eigenvalue weighted by molar-refractivity contribution is 6.09. The molecule has 1 aliphatic heterocycles. The van der Waals surface area contributed by atoms with Crippen LogP contribution in [0.15, 0.2) is 164 Å². The Morgan fingerprint density at radius 2 is 1.25 bits per heavy atom. The number of amides is 1. The largest absolute Gasteiger partial charge is 0.497 e. The van der Waals surface area contributed by atoms with E-state index in [2.05, 4.69) is 68.6 Å². The smallest absolute Gasteiger partial charge is 0.416 e. The highest BCUT2D eigenvalue weighted by Crippen LogP contribution is 2.59. The van der Waals surface area contributed by atoms with Crippen LogP contribution in [0.3, 0.4) is 0 Å². The molecule has 75 heavy (non-hydrogen) atoms. The summed E-state index contributed by atoms with van der Waals surface area (Å²) < 4.78 is 62.4. The molecular formula is C67H62F3NO4. The Balaban J connectivity index is 0.863. The van der Waals surface area contributed by atoms with Crippen LogP contribution in [-0.4, -0.2) is 20.1 Å². The molecule has 5 nitrogen and oxygen atoms in total. The van der Waals surface area contributed by atoms with Gasteiger partial charge in [-0.2, -0.15) is 13.2 Å². The van der Waals surface area contributed by atoms with Crippen molar-refractivity contribution in [3.8, 4) is 50.6 Å². The minimum atomic E-state index is -4.59. The van der Waals surface area contributed by atoms with Gasteiger partial charge in [0.15, 0.2) is 5.60 Å². The lowest BCUT2D eigenvalue weighted by Gasteiger charge is -2.38. The molecule has 1 saturated carbocycles. The number of alkyl halides is 3. The number of benzene rings is 8. The van der Waals surface area contributed by atoms with Crippen LogP contribution in [-0.2, 0) is 17.2 Å². The van der Waals surface area contributed by atoms with E-state index < -0.39 is 22.8 Å². The van der Waals surface area contributed by atoms with Crippen molar-refractivity contribution in [2.45, 2.75) is 95.2 Å². The number of ether oxygens (including phenoxy) is 3. The number of hydrogen-bond donors (Lipinski definition) is 1. The third-order valence-corrected chi connectivity index (χ3v) is 16.4. The van der Waals surface area contributed by atoms with Gasteiger partial charge in [0.1, 0.15) is 17.2 Å². The van der Waals surface area contributed by atoms with Crippen LogP contribution in [0.2, 0.25) is 0 Å². The summed E-state index contributed by atoms with van der Waals surface area (Å²) in [6.07, 6.45) is 10.1. The predicted octanol–water partition coefficient (Wildman–Crippen LogP) is 18.0. The van der Waals surface area contributed by atoms with Crippen molar-refractivity contribution in [3.05, 3.63) is 208 Å². The number of methoxy groups -OCH3 is 2. The number of carbonyl (C=O) groups is 1. The van der Waals surface area contributed by atoms with Gasteiger partial charge in [-0.1, -0.05) is 144 Å². The Labute approximate surface area is 438 Å². The maximum absolute atomic E-state index is 14.7. The van der Waals surface area contributed by atoms with Gasteiger partial charge < -0.3 is 19.5 Å². The van der Waals surface area contributed by atoms with Gasteiger partial charge in [-0.15, -0.1) is 0 Å². The summed E-state index contributed by atoms with van der Waals surface area (Å²) in [5.74, 6) is 3.05. The van der Waals surface area contributed by atoms with Crippen molar-refractivity contribution in [2.75, 3.05) is 19.5 Å². The first-order valence-corrected chi connectivity index (χ1v) is 26.4. The molecule has 3 aliphatic rings. The van der Waals surface area contributed by atoms with Gasteiger partial charge in [0.2, 0.25) is 0 Å². The van der Waals surface area contributed by atoms with Crippen LogP contribution in [0, 0.1) is 5.92 Å². The Hall–Kier alpha value is -7.58. The fourth-order valence-corrected chi connectivity index (χ4v) is 12.2. The number of unbranched alkanes of at least 4 members (excludes halogenated alkanes) is 2. The van der Waals surface area contributed by atoms with E-state index in [1.807, 2.05) is 109 Å². The molecule has 380 valence electrons. The Morgan fingerprint density at radius 3 is 1.85 bits per heavy atom. The summed E-state index contributed by atoms with van der Waals surface area (Å²) in [6, 6.07) is 50.1. The number of hydrogen-bond acceptors (Lipinski definition) is 4. The highest BCUT2D eigenvalue weighted by atomic mass is 19.4. The quantitative estimate of drug-likeness (QED) is 0.117. The van der Waals surface area contributed by atoms with E-state index in [0.29, 0.717) is 45.2 Å². The predicted molar refractivity (Wildman–Crippen MR) is 297 cm³/mol. The van der Waals surface area contributed by atoms with Gasteiger partial charge in [-0.3, -0.25) is 4.79 Å². The first kappa shape index (κ1) is 49.6. The summed E-state index contributed by atoms with van der Waals surface area (Å²) in [4.78, 5) is 13.6. The molecule has 1 N–H and O–H groups in total. The highest BCUT2D eigenvalue weighted by Gasteiger charge is 2.45. The van der Waals surface area contributed by atoms with E-state index in [1.54, 1.807) is 20.3 Å². The maximum atomic E-state index is 14.7. The van der Waals surface area contributed by atoms with Crippen molar-refractivity contribution in [3.63, 3.8) is 0 Å². The van der Waals surface area contributed by atoms with E-state index >= 15 is 0 Å². The van der Waals surface area contributed by atoms with Crippen LogP contribution in [0.25, 0.3) is 50.2 Å². The van der Waals surface area contributed by atoms with Crippen molar-refractivity contribution in [2.24, 2.45) is 5.92 Å². The van der Waals surface area contributed by atoms with Crippen molar-refractivity contribution in [1.82, 2.24) is 0 Å². The first-order valence-electron chi connectivity index (χ1n) is 26.4. The molecule has 0 spiro atoms. The number of halogens is 3. The SMILES string of the molecule is CCCCCC1CCC(c2ccc(-c3ccc(C(=O)Nc4ccc(-c5ccc6c(c5)-c5c(c7c(c8cc(C(F)(F)F)ccc58)OC(c5ccc(OC)cc5)(c5ccc(OC)cc5)C=C7)C6(C)C)cc4)cc3)cc2)CC1. The molecule has 11 rings (SSSR count). The lowest BCUT2D eigenvalue weighted by Crippen LogP contribution is -2.35. The number of anilines is 1. The van der Waals surface area contributed by atoms with Crippen LogP contribution >= 0.6 is 0 Å². The third-order valence-electron chi connectivity index (χ3n) is 16.4. The second kappa shape index (κ2) is 19.9. The summed E-state index contributed by atoms with van der Waals surface area (Å²) >= 11 is 0. The van der Waals surface area contributed by atoms with Gasteiger partial charge in [0.05, 0.1) is 19.8 Å². The molecule has 0 bridgehead atoms. The molecule has 0 aromatic heterocycles. The number of rotatable bonds is 13. The topological polar surface area (TPSA) is 56.8 Å². The van der Waals surface area contributed by atoms with Crippen LogP contribution < -0.4 is 19.5 Å². The van der Waals surface area contributed by atoms with Crippen molar-refractivity contribution < 1.29 is 32.2 Å². The van der Waals surface area contributed by atoms with Gasteiger partial charge in [0.25, 0.3) is 5.91 Å². The Morgan fingerprint density at radius 1 is 0.667 bits per heavy atom. The Bertz CT molecular complexity index is 3370. The first-order chi connectivity index (χ1) is 36.3. The zero-order valence-electron chi connectivity index (χ0n) is 43.2. The van der Waals surface area contributed by atoms with Gasteiger partial charge in [-0.05, 0) is 166 Å². The average Bonchev–Trinajstić information content (AvgIpc) is 3.68. The second-order valence-electron chi connectivity index (χ2n) is 21.2. The van der Waals surface area contributed by atoms with Crippen LogP contribution in [0.4, 0.5) is 18.9 Å². The van der Waals surface area contributed by atoms with Gasteiger partial charge in [0, 0.05) is 38.7 Å². The molecule has 0 atom stereocenters. The fourth-order valence-electron chi connectivity index (χ4n) is 12.2. The standard InChI is InChI=1S/C67H62F3NO4/c1-6-7-8-9-42-10-12-43(13-11-42)44-14-16-45(17-15-44)46-18-20-48(21-19-46)64(72)71-53-30-22-47(23-31-53)49-24-37-60-59(40-49)61-56-36-29-52(67(68,69)70)41-58(56)63-57(62(61)65(60,2)3)38-39-66(75-63,50-25-32-54(73-4)33-26-50)51-27-34-55(74-5)35-28-51/h14-43H,6-13H2,1-5H3,(H,71,72). The van der Waals surface area contributed by atoms with Crippen LogP contribution in [0.1, 0.15) is 127 Å². The van der Waals surface area contributed by atoms with E-state index in [-0.39, 0.29) is 5.91 Å². The van der Waals surface area contributed by atoms with Crippen LogP contribution in [0.5, 0.6) is 17.2 Å². The average molecular weight is 1000 g/mol. The Kier molecular flexibility index (Phi) is 13.2. The molecule has 0 saturated heterocycles. The molecule has 8 heteroatoms. The van der Waals surface area contributed by atoms with E-state index in [4.69, 9.17) is 14.2 Å². The van der Waals surface area contributed by atoms with E-state index in [9.17, 15) is 18.0 Å². The number of fused-ring (bicyclic) bond motifs is 8. The number of nitrogens with one attached hydrogen (secondary N) is 1. The second-order valence-corrected chi connectivity index (χ2v) is 21.2. The lowest BCUT2D eigenvalue weighted by molar-refractivity contribution is -0.137. The molecular weight excluding hydrogens is 940 g/mol. The van der Waals surface area contributed by atoms with Crippen molar-refractivity contribution in [1.29, 1.82) is 0 Å². The monoisotopic (exact) mass is 1000 g/mol. The summed E-state index contributed by atoms with van der Waals surface area (Å²) in [5, 5.41) is 4.11. The van der Waals surface area contributed by atoms with E-state index in [1.165, 1.54) is 69.1 Å². The third kappa shape index (κ3) is 9.27. The fraction of sp³-hybridized carbons (Fsp3) is 0.269. The number of carbonyl (C=O) groups excluding carboxylic acids is 1. The summed E-state index contributed by atoms with van der Waals surface area (Å²) in [6.45, 7) is 6.61. The zero-order valence-corrected chi connectivity index (χ0v) is 43.2. The molecule has 8 aromatic rings. The minimum Gasteiger partial charge on any atom is -0.497 e. The summed E-state index contributed by atoms with van der Waals surface area (Å²) in [5.41, 5.74) is 10.4. The molecule has 1 amide bonds. The minimum absolute atomic E-state index is 0.196. The molecule has 2 aliphatic carbocycles. The molecule has 1 fully saturated rings. The molecule has 0 radical (unpaired) electrons. The maximum Gasteiger partial charge on any atom is 0.416 e.